The van der Waals surface area contributed by atoms with Crippen LogP contribution < -0.4 is 4.57 Å². The van der Waals surface area contributed by atoms with Gasteiger partial charge in [-0.3, -0.25) is 0 Å². The Labute approximate surface area is 183 Å². The second-order valence-electron chi connectivity index (χ2n) is 9.15. The van der Waals surface area contributed by atoms with Crippen LogP contribution in [0.1, 0.15) is 142 Å². The highest BCUT2D eigenvalue weighted by atomic mass is 15.1. The van der Waals surface area contributed by atoms with E-state index in [2.05, 4.69) is 42.3 Å². The van der Waals surface area contributed by atoms with E-state index in [1.165, 1.54) is 135 Å². The minimum atomic E-state index is 1.21. The van der Waals surface area contributed by atoms with Crippen molar-refractivity contribution in [3.63, 3.8) is 0 Å². The van der Waals surface area contributed by atoms with Crippen molar-refractivity contribution in [1.29, 1.82) is 0 Å². The maximum absolute atomic E-state index is 2.58. The Morgan fingerprint density at radius 1 is 0.586 bits per heavy atom. The first kappa shape index (κ1) is 26.2. The molecule has 0 saturated carbocycles. The van der Waals surface area contributed by atoms with Crippen molar-refractivity contribution in [3.8, 4) is 0 Å². The molecule has 0 N–H and O–H groups in total. The van der Waals surface area contributed by atoms with E-state index in [1.807, 2.05) is 0 Å². The summed E-state index contributed by atoms with van der Waals surface area (Å²) in [5, 5.41) is 0. The lowest BCUT2D eigenvalue weighted by molar-refractivity contribution is -0.704. The third kappa shape index (κ3) is 13.2. The first-order valence-electron chi connectivity index (χ1n) is 13.4. The zero-order valence-corrected chi connectivity index (χ0v) is 20.4. The Bertz CT molecular complexity index is 463. The number of aromatic nitrogens is 2. The zero-order chi connectivity index (χ0) is 21.0. The number of imidazole rings is 1. The maximum atomic E-state index is 2.58. The molecule has 29 heavy (non-hydrogen) atoms. The van der Waals surface area contributed by atoms with Crippen LogP contribution in [0.15, 0.2) is 12.4 Å². The molecule has 0 radical (unpaired) electrons. The van der Waals surface area contributed by atoms with Crippen molar-refractivity contribution >= 4 is 0 Å². The van der Waals surface area contributed by atoms with E-state index in [0.717, 1.165) is 0 Å². The lowest BCUT2D eigenvalue weighted by atomic mass is 10.1. The molecule has 1 rings (SSSR count). The van der Waals surface area contributed by atoms with Crippen molar-refractivity contribution in [3.05, 3.63) is 18.2 Å². The maximum Gasteiger partial charge on any atom is 0.256 e. The summed E-state index contributed by atoms with van der Waals surface area (Å²) in [7, 11) is 0. The number of nitrogens with zero attached hydrogens (tertiary/aromatic N) is 2. The molecule has 1 aromatic rings. The summed E-state index contributed by atoms with van der Waals surface area (Å²) >= 11 is 0. The highest BCUT2D eigenvalue weighted by Crippen LogP contribution is 2.12. The molecule has 0 aliphatic carbocycles. The third-order valence-electron chi connectivity index (χ3n) is 6.35. The largest absolute Gasteiger partial charge is 0.256 e. The van der Waals surface area contributed by atoms with Crippen LogP contribution in [-0.4, -0.2) is 4.57 Å². The topological polar surface area (TPSA) is 8.81 Å². The average Bonchev–Trinajstić information content (AvgIpc) is 3.11. The van der Waals surface area contributed by atoms with Gasteiger partial charge in [0, 0.05) is 6.42 Å². The van der Waals surface area contributed by atoms with Crippen LogP contribution in [0.5, 0.6) is 0 Å². The molecule has 0 spiro atoms. The first-order chi connectivity index (χ1) is 14.3. The van der Waals surface area contributed by atoms with Crippen LogP contribution >= 0.6 is 0 Å². The van der Waals surface area contributed by atoms with Gasteiger partial charge in [0.2, 0.25) is 0 Å². The Balaban J connectivity index is 2.30. The minimum Gasteiger partial charge on any atom is -0.234 e. The lowest BCUT2D eigenvalue weighted by Crippen LogP contribution is -2.37. The summed E-state index contributed by atoms with van der Waals surface area (Å²) < 4.78 is 5.14. The number of aryl methyl sites for hydroxylation is 2. The van der Waals surface area contributed by atoms with Gasteiger partial charge in [-0.25, -0.2) is 9.13 Å². The van der Waals surface area contributed by atoms with Gasteiger partial charge in [-0.2, -0.15) is 0 Å². The Kier molecular flexibility index (Phi) is 17.4. The van der Waals surface area contributed by atoms with Crippen LogP contribution in [0, 0.1) is 0 Å². The summed E-state index contributed by atoms with van der Waals surface area (Å²) in [5.74, 6) is 1.59. The summed E-state index contributed by atoms with van der Waals surface area (Å²) in [6, 6.07) is 0. The number of hydrogen-bond donors (Lipinski definition) is 0. The van der Waals surface area contributed by atoms with Crippen LogP contribution in [-0.2, 0) is 19.5 Å². The highest BCUT2D eigenvalue weighted by Gasteiger charge is 2.16. The van der Waals surface area contributed by atoms with E-state index >= 15 is 0 Å². The van der Waals surface area contributed by atoms with Crippen LogP contribution in [0.2, 0.25) is 0 Å². The Morgan fingerprint density at radius 3 is 1.66 bits per heavy atom. The van der Waals surface area contributed by atoms with Crippen LogP contribution in [0.25, 0.3) is 0 Å². The van der Waals surface area contributed by atoms with Crippen molar-refractivity contribution in [2.75, 3.05) is 0 Å². The fraction of sp³-hybridized carbons (Fsp3) is 0.889. The molecule has 0 aliphatic rings. The Hall–Kier alpha value is -0.790. The van der Waals surface area contributed by atoms with Gasteiger partial charge in [-0.05, 0) is 32.1 Å². The van der Waals surface area contributed by atoms with Gasteiger partial charge in [0.1, 0.15) is 12.4 Å². The third-order valence-corrected chi connectivity index (χ3v) is 6.35. The second-order valence-corrected chi connectivity index (χ2v) is 9.15. The minimum absolute atomic E-state index is 1.21. The molecule has 0 fully saturated rings. The van der Waals surface area contributed by atoms with E-state index in [4.69, 9.17) is 0 Å². The van der Waals surface area contributed by atoms with Crippen LogP contribution in [0.4, 0.5) is 0 Å². The molecule has 0 bridgehead atoms. The molecule has 0 atom stereocenters. The summed E-state index contributed by atoms with van der Waals surface area (Å²) in [4.78, 5) is 0. The quantitative estimate of drug-likeness (QED) is 0.143. The first-order valence-corrected chi connectivity index (χ1v) is 13.4. The lowest BCUT2D eigenvalue weighted by Gasteiger charge is -2.06. The highest BCUT2D eigenvalue weighted by molar-refractivity contribution is 4.84. The van der Waals surface area contributed by atoms with Crippen molar-refractivity contribution in [2.45, 2.75) is 156 Å². The molecule has 0 saturated heterocycles. The molecule has 0 aromatic carbocycles. The second kappa shape index (κ2) is 19.2. The van der Waals surface area contributed by atoms with E-state index in [9.17, 15) is 0 Å². The average molecular weight is 406 g/mol. The monoisotopic (exact) mass is 405 g/mol. The van der Waals surface area contributed by atoms with Gasteiger partial charge in [-0.1, -0.05) is 104 Å². The standard InChI is InChI=1S/C27H53N2/c1-4-7-10-12-13-14-15-16-18-21-24-29-26-25-28(23-20-9-6-3)27(29)22-19-17-11-8-5-2/h25-26H,4-24H2,1-3H3/q+1. The predicted octanol–water partition coefficient (Wildman–Crippen LogP) is 8.40. The van der Waals surface area contributed by atoms with Gasteiger partial charge >= 0.3 is 0 Å². The molecule has 0 aliphatic heterocycles. The molecular weight excluding hydrogens is 352 g/mol. The van der Waals surface area contributed by atoms with Gasteiger partial charge in [-0.15, -0.1) is 0 Å². The number of unbranched alkanes of at least 4 members (excludes halogenated alkanes) is 15. The van der Waals surface area contributed by atoms with Gasteiger partial charge in [0.05, 0.1) is 13.1 Å². The molecule has 1 heterocycles. The molecule has 2 heteroatoms. The summed E-state index contributed by atoms with van der Waals surface area (Å²) in [5.41, 5.74) is 0. The van der Waals surface area contributed by atoms with Crippen molar-refractivity contribution in [1.82, 2.24) is 4.57 Å². The smallest absolute Gasteiger partial charge is 0.234 e. The fourth-order valence-electron chi connectivity index (χ4n) is 4.38. The molecule has 0 unspecified atom stereocenters. The molecule has 1 aromatic heterocycles. The van der Waals surface area contributed by atoms with Gasteiger partial charge in [0.15, 0.2) is 0 Å². The van der Waals surface area contributed by atoms with Crippen molar-refractivity contribution in [2.24, 2.45) is 0 Å². The van der Waals surface area contributed by atoms with Gasteiger partial charge < -0.3 is 0 Å². The molecule has 170 valence electrons. The van der Waals surface area contributed by atoms with Crippen molar-refractivity contribution < 1.29 is 4.57 Å². The zero-order valence-electron chi connectivity index (χ0n) is 20.4. The molecular formula is C27H53N2+. The normalized spacial score (nSPS) is 11.4. The van der Waals surface area contributed by atoms with E-state index in [1.54, 1.807) is 5.82 Å². The SMILES string of the molecule is CCCCCCCCCCCC[n+]1ccn(CCCCC)c1CCCCCCC. The fourth-order valence-corrected chi connectivity index (χ4v) is 4.38. The molecule has 2 nitrogen and oxygen atoms in total. The number of rotatable bonds is 21. The molecule has 0 amide bonds. The van der Waals surface area contributed by atoms with E-state index < -0.39 is 0 Å². The summed E-state index contributed by atoms with van der Waals surface area (Å²) in [6.45, 7) is 9.34. The summed E-state index contributed by atoms with van der Waals surface area (Å²) in [6.07, 6.45) is 31.1. The van der Waals surface area contributed by atoms with E-state index in [0.29, 0.717) is 0 Å². The predicted molar refractivity (Wildman–Crippen MR) is 128 cm³/mol. The van der Waals surface area contributed by atoms with Crippen LogP contribution in [0.3, 0.4) is 0 Å². The van der Waals surface area contributed by atoms with Gasteiger partial charge in [0.25, 0.3) is 5.82 Å². The Morgan fingerprint density at radius 2 is 1.07 bits per heavy atom. The number of hydrogen-bond acceptors (Lipinski definition) is 0. The van der Waals surface area contributed by atoms with E-state index in [-0.39, 0.29) is 0 Å².